The highest BCUT2D eigenvalue weighted by molar-refractivity contribution is 5.96. The van der Waals surface area contributed by atoms with E-state index in [1.807, 2.05) is 4.90 Å². The fraction of sp³-hybridized carbons (Fsp3) is 0.533. The molecular formula is C15H21N3O. The summed E-state index contributed by atoms with van der Waals surface area (Å²) in [5, 5.41) is 0. The van der Waals surface area contributed by atoms with Gasteiger partial charge in [-0.05, 0) is 43.4 Å². The quantitative estimate of drug-likeness (QED) is 0.760. The third kappa shape index (κ3) is 2.27. The van der Waals surface area contributed by atoms with E-state index in [2.05, 4.69) is 0 Å². The summed E-state index contributed by atoms with van der Waals surface area (Å²) in [5.74, 6) is 0.796. The number of anilines is 2. The van der Waals surface area contributed by atoms with Crippen LogP contribution in [-0.2, 0) is 0 Å². The molecule has 1 amide bonds. The minimum absolute atomic E-state index is 0.0911. The number of rotatable bonds is 1. The van der Waals surface area contributed by atoms with Gasteiger partial charge in [0.15, 0.2) is 0 Å². The number of amides is 1. The number of carbonyl (C=O) groups is 1. The summed E-state index contributed by atoms with van der Waals surface area (Å²) in [4.78, 5) is 14.7. The summed E-state index contributed by atoms with van der Waals surface area (Å²) in [6.07, 6.45) is 6.12. The highest BCUT2D eigenvalue weighted by atomic mass is 16.2. The molecule has 2 atom stereocenters. The SMILES string of the molecule is Nc1cc(N)cc(C(=O)N2CCC3CCCCC32)c1. The van der Waals surface area contributed by atoms with Crippen LogP contribution >= 0.6 is 0 Å². The van der Waals surface area contributed by atoms with Crippen molar-refractivity contribution < 1.29 is 4.79 Å². The maximum atomic E-state index is 12.6. The Hall–Kier alpha value is -1.71. The van der Waals surface area contributed by atoms with E-state index in [1.54, 1.807) is 18.2 Å². The monoisotopic (exact) mass is 259 g/mol. The highest BCUT2D eigenvalue weighted by Gasteiger charge is 2.38. The van der Waals surface area contributed by atoms with Crippen molar-refractivity contribution in [3.63, 3.8) is 0 Å². The predicted octanol–water partition coefficient (Wildman–Crippen LogP) is 2.26. The van der Waals surface area contributed by atoms with Crippen LogP contribution < -0.4 is 11.5 Å². The maximum absolute atomic E-state index is 12.6. The molecule has 1 aliphatic carbocycles. The van der Waals surface area contributed by atoms with E-state index in [0.29, 0.717) is 28.9 Å². The molecule has 4 N–H and O–H groups in total. The largest absolute Gasteiger partial charge is 0.399 e. The maximum Gasteiger partial charge on any atom is 0.254 e. The minimum Gasteiger partial charge on any atom is -0.399 e. The van der Waals surface area contributed by atoms with Crippen molar-refractivity contribution in [2.75, 3.05) is 18.0 Å². The second-order valence-corrected chi connectivity index (χ2v) is 5.79. The first kappa shape index (κ1) is 12.3. The minimum atomic E-state index is 0.0911. The summed E-state index contributed by atoms with van der Waals surface area (Å²) >= 11 is 0. The fourth-order valence-corrected chi connectivity index (χ4v) is 3.62. The summed E-state index contributed by atoms with van der Waals surface area (Å²) in [7, 11) is 0. The van der Waals surface area contributed by atoms with Crippen LogP contribution in [0.25, 0.3) is 0 Å². The molecule has 3 rings (SSSR count). The Morgan fingerprint density at radius 1 is 1.05 bits per heavy atom. The van der Waals surface area contributed by atoms with E-state index in [-0.39, 0.29) is 5.91 Å². The lowest BCUT2D eigenvalue weighted by molar-refractivity contribution is 0.0690. The number of hydrogen-bond donors (Lipinski definition) is 2. The normalized spacial score (nSPS) is 26.2. The van der Waals surface area contributed by atoms with Gasteiger partial charge in [-0.1, -0.05) is 12.8 Å². The Morgan fingerprint density at radius 3 is 2.47 bits per heavy atom. The van der Waals surface area contributed by atoms with E-state index in [9.17, 15) is 4.79 Å². The molecule has 1 aliphatic heterocycles. The molecule has 0 bridgehead atoms. The van der Waals surface area contributed by atoms with E-state index < -0.39 is 0 Å². The average Bonchev–Trinajstić information content (AvgIpc) is 2.80. The zero-order chi connectivity index (χ0) is 13.4. The lowest BCUT2D eigenvalue weighted by Crippen LogP contribution is -2.39. The van der Waals surface area contributed by atoms with Crippen molar-refractivity contribution in [1.82, 2.24) is 4.90 Å². The van der Waals surface area contributed by atoms with Gasteiger partial charge in [-0.3, -0.25) is 4.79 Å². The number of benzene rings is 1. The van der Waals surface area contributed by atoms with Crippen LogP contribution in [0, 0.1) is 5.92 Å². The van der Waals surface area contributed by atoms with E-state index in [0.717, 1.165) is 19.4 Å². The Kier molecular flexibility index (Phi) is 3.09. The number of nitrogen functional groups attached to an aromatic ring is 2. The van der Waals surface area contributed by atoms with E-state index in [4.69, 9.17) is 11.5 Å². The van der Waals surface area contributed by atoms with Crippen molar-refractivity contribution in [3.8, 4) is 0 Å². The predicted molar refractivity (Wildman–Crippen MR) is 76.7 cm³/mol. The van der Waals surface area contributed by atoms with Gasteiger partial charge in [0, 0.05) is 29.5 Å². The molecule has 1 saturated heterocycles. The number of nitrogens with two attached hydrogens (primary N) is 2. The standard InChI is InChI=1S/C15H21N3O/c16-12-7-11(8-13(17)9-12)15(19)18-6-5-10-3-1-2-4-14(10)18/h7-10,14H,1-6,16-17H2. The average molecular weight is 259 g/mol. The number of fused-ring (bicyclic) bond motifs is 1. The van der Waals surface area contributed by atoms with Crippen molar-refractivity contribution in [3.05, 3.63) is 23.8 Å². The van der Waals surface area contributed by atoms with Gasteiger partial charge in [-0.15, -0.1) is 0 Å². The van der Waals surface area contributed by atoms with Gasteiger partial charge in [0.1, 0.15) is 0 Å². The van der Waals surface area contributed by atoms with Crippen molar-refractivity contribution in [2.45, 2.75) is 38.1 Å². The molecule has 4 nitrogen and oxygen atoms in total. The molecule has 0 spiro atoms. The molecule has 4 heteroatoms. The molecule has 2 unspecified atom stereocenters. The molecule has 1 aromatic rings. The zero-order valence-corrected chi connectivity index (χ0v) is 11.1. The highest BCUT2D eigenvalue weighted by Crippen LogP contribution is 2.37. The molecular weight excluding hydrogens is 238 g/mol. The van der Waals surface area contributed by atoms with Gasteiger partial charge in [-0.25, -0.2) is 0 Å². The van der Waals surface area contributed by atoms with Crippen LogP contribution in [0.5, 0.6) is 0 Å². The zero-order valence-electron chi connectivity index (χ0n) is 11.1. The van der Waals surface area contributed by atoms with Gasteiger partial charge in [0.2, 0.25) is 0 Å². The van der Waals surface area contributed by atoms with Crippen LogP contribution in [0.2, 0.25) is 0 Å². The van der Waals surface area contributed by atoms with E-state index in [1.165, 1.54) is 19.3 Å². The first-order chi connectivity index (χ1) is 9.15. The Morgan fingerprint density at radius 2 is 1.74 bits per heavy atom. The van der Waals surface area contributed by atoms with Gasteiger partial charge < -0.3 is 16.4 Å². The third-order valence-electron chi connectivity index (χ3n) is 4.50. The Balaban J connectivity index is 1.83. The number of hydrogen-bond acceptors (Lipinski definition) is 3. The van der Waals surface area contributed by atoms with Gasteiger partial charge >= 0.3 is 0 Å². The molecule has 2 fully saturated rings. The Labute approximate surface area is 113 Å². The van der Waals surface area contributed by atoms with Gasteiger partial charge in [0.05, 0.1) is 0 Å². The lowest BCUT2D eigenvalue weighted by atomic mass is 9.85. The molecule has 2 aliphatic rings. The second-order valence-electron chi connectivity index (χ2n) is 5.79. The van der Waals surface area contributed by atoms with Crippen molar-refractivity contribution >= 4 is 17.3 Å². The smallest absolute Gasteiger partial charge is 0.254 e. The number of carbonyl (C=O) groups excluding carboxylic acids is 1. The van der Waals surface area contributed by atoms with Crippen LogP contribution in [0.15, 0.2) is 18.2 Å². The van der Waals surface area contributed by atoms with Gasteiger partial charge in [-0.2, -0.15) is 0 Å². The fourth-order valence-electron chi connectivity index (χ4n) is 3.62. The molecule has 1 heterocycles. The summed E-state index contributed by atoms with van der Waals surface area (Å²) in [6.45, 7) is 0.878. The summed E-state index contributed by atoms with van der Waals surface area (Å²) in [6, 6.07) is 5.58. The lowest BCUT2D eigenvalue weighted by Gasteiger charge is -2.31. The van der Waals surface area contributed by atoms with Crippen LogP contribution in [0.1, 0.15) is 42.5 Å². The molecule has 0 aromatic heterocycles. The molecule has 1 aromatic carbocycles. The summed E-state index contributed by atoms with van der Waals surface area (Å²) < 4.78 is 0. The molecule has 0 radical (unpaired) electrons. The van der Waals surface area contributed by atoms with Crippen LogP contribution in [0.4, 0.5) is 11.4 Å². The van der Waals surface area contributed by atoms with Crippen LogP contribution in [-0.4, -0.2) is 23.4 Å². The molecule has 1 saturated carbocycles. The first-order valence-corrected chi connectivity index (χ1v) is 7.12. The second kappa shape index (κ2) is 4.76. The number of nitrogens with zero attached hydrogens (tertiary/aromatic N) is 1. The summed E-state index contributed by atoms with van der Waals surface area (Å²) in [5.41, 5.74) is 13.3. The van der Waals surface area contributed by atoms with Gasteiger partial charge in [0.25, 0.3) is 5.91 Å². The molecule has 102 valence electrons. The first-order valence-electron chi connectivity index (χ1n) is 7.12. The van der Waals surface area contributed by atoms with Crippen molar-refractivity contribution in [1.29, 1.82) is 0 Å². The third-order valence-corrected chi connectivity index (χ3v) is 4.50. The van der Waals surface area contributed by atoms with E-state index >= 15 is 0 Å². The Bertz CT molecular complexity index is 480. The van der Waals surface area contributed by atoms with Crippen molar-refractivity contribution in [2.24, 2.45) is 5.92 Å². The van der Waals surface area contributed by atoms with Crippen LogP contribution in [0.3, 0.4) is 0 Å². The number of likely N-dealkylation sites (tertiary alicyclic amines) is 1. The molecule has 19 heavy (non-hydrogen) atoms. The topological polar surface area (TPSA) is 72.3 Å².